The van der Waals surface area contributed by atoms with Crippen molar-refractivity contribution in [1.82, 2.24) is 4.98 Å². The number of nitrogens with zero attached hydrogens (tertiary/aromatic N) is 1. The molecule has 2 N–H and O–H groups in total. The SMILES string of the molecule is Cc1nc(CC(C)(O)C(=O)O)oc1C. The first-order valence-electron chi connectivity index (χ1n) is 4.21. The highest BCUT2D eigenvalue weighted by Crippen LogP contribution is 2.15. The van der Waals surface area contributed by atoms with E-state index in [1.165, 1.54) is 6.92 Å². The van der Waals surface area contributed by atoms with Crippen molar-refractivity contribution in [2.75, 3.05) is 0 Å². The fourth-order valence-electron chi connectivity index (χ4n) is 0.985. The molecule has 1 aromatic heterocycles. The number of aliphatic hydroxyl groups is 1. The first kappa shape index (κ1) is 10.7. The third kappa shape index (κ3) is 2.11. The molecule has 14 heavy (non-hydrogen) atoms. The molecule has 0 saturated carbocycles. The summed E-state index contributed by atoms with van der Waals surface area (Å²) in [6.45, 7) is 4.71. The van der Waals surface area contributed by atoms with Gasteiger partial charge in [0.05, 0.1) is 12.1 Å². The maximum atomic E-state index is 10.6. The zero-order chi connectivity index (χ0) is 10.9. The van der Waals surface area contributed by atoms with Crippen molar-refractivity contribution in [3.63, 3.8) is 0 Å². The lowest BCUT2D eigenvalue weighted by Gasteiger charge is -2.14. The molecule has 0 radical (unpaired) electrons. The molecule has 5 nitrogen and oxygen atoms in total. The van der Waals surface area contributed by atoms with E-state index in [1.807, 2.05) is 0 Å². The zero-order valence-electron chi connectivity index (χ0n) is 8.37. The van der Waals surface area contributed by atoms with E-state index in [1.54, 1.807) is 13.8 Å². The number of hydrogen-bond acceptors (Lipinski definition) is 4. The van der Waals surface area contributed by atoms with Crippen LogP contribution in [0.5, 0.6) is 0 Å². The van der Waals surface area contributed by atoms with Crippen LogP contribution >= 0.6 is 0 Å². The fraction of sp³-hybridized carbons (Fsp3) is 0.556. The Morgan fingerprint density at radius 1 is 1.57 bits per heavy atom. The molecule has 1 atom stereocenters. The van der Waals surface area contributed by atoms with Gasteiger partial charge in [0.2, 0.25) is 0 Å². The van der Waals surface area contributed by atoms with E-state index in [-0.39, 0.29) is 12.3 Å². The van der Waals surface area contributed by atoms with Crippen LogP contribution in [0, 0.1) is 13.8 Å². The Labute approximate surface area is 81.4 Å². The van der Waals surface area contributed by atoms with Crippen molar-refractivity contribution in [2.24, 2.45) is 0 Å². The minimum atomic E-state index is -1.83. The monoisotopic (exact) mass is 199 g/mol. The summed E-state index contributed by atoms with van der Waals surface area (Å²) in [5.41, 5.74) is -1.12. The summed E-state index contributed by atoms with van der Waals surface area (Å²) in [7, 11) is 0. The highest BCUT2D eigenvalue weighted by molar-refractivity contribution is 5.76. The van der Waals surface area contributed by atoms with E-state index < -0.39 is 11.6 Å². The van der Waals surface area contributed by atoms with Crippen molar-refractivity contribution in [2.45, 2.75) is 32.8 Å². The second kappa shape index (κ2) is 3.42. The van der Waals surface area contributed by atoms with Crippen molar-refractivity contribution in [3.05, 3.63) is 17.3 Å². The molecule has 0 bridgehead atoms. The Bertz CT molecular complexity index is 334. The lowest BCUT2D eigenvalue weighted by atomic mass is 10.0. The van der Waals surface area contributed by atoms with Crippen molar-refractivity contribution in [3.8, 4) is 0 Å². The lowest BCUT2D eigenvalue weighted by molar-refractivity contribution is -0.156. The van der Waals surface area contributed by atoms with Crippen LogP contribution in [0.1, 0.15) is 24.3 Å². The van der Waals surface area contributed by atoms with Gasteiger partial charge in [-0.25, -0.2) is 9.78 Å². The van der Waals surface area contributed by atoms with E-state index in [0.29, 0.717) is 11.5 Å². The van der Waals surface area contributed by atoms with E-state index in [9.17, 15) is 9.90 Å². The topological polar surface area (TPSA) is 83.6 Å². The standard InChI is InChI=1S/C9H13NO4/c1-5-6(2)14-7(10-5)4-9(3,13)8(11)12/h13H,4H2,1-3H3,(H,11,12). The van der Waals surface area contributed by atoms with Gasteiger partial charge in [-0.15, -0.1) is 0 Å². The largest absolute Gasteiger partial charge is 0.479 e. The molecule has 1 aromatic rings. The molecule has 0 aliphatic rings. The molecular formula is C9H13NO4. The zero-order valence-corrected chi connectivity index (χ0v) is 8.37. The Kier molecular flexibility index (Phi) is 2.62. The number of hydrogen-bond donors (Lipinski definition) is 2. The molecule has 0 aromatic carbocycles. The van der Waals surface area contributed by atoms with E-state index >= 15 is 0 Å². The van der Waals surface area contributed by atoms with Crippen molar-refractivity contribution < 1.29 is 19.4 Å². The van der Waals surface area contributed by atoms with Crippen LogP contribution in [0.3, 0.4) is 0 Å². The molecular weight excluding hydrogens is 186 g/mol. The van der Waals surface area contributed by atoms with E-state index in [2.05, 4.69) is 4.98 Å². The number of carbonyl (C=O) groups is 1. The molecule has 0 spiro atoms. The third-order valence-electron chi connectivity index (χ3n) is 2.03. The smallest absolute Gasteiger partial charge is 0.335 e. The maximum Gasteiger partial charge on any atom is 0.335 e. The summed E-state index contributed by atoms with van der Waals surface area (Å²) in [4.78, 5) is 14.6. The molecule has 0 aliphatic heterocycles. The van der Waals surface area contributed by atoms with Gasteiger partial charge >= 0.3 is 5.97 Å². The number of aromatic nitrogens is 1. The number of rotatable bonds is 3. The molecule has 0 aliphatic carbocycles. The number of carboxylic acid groups (broad SMARTS) is 1. The number of oxazole rings is 1. The first-order chi connectivity index (χ1) is 6.33. The minimum absolute atomic E-state index is 0.128. The summed E-state index contributed by atoms with van der Waals surface area (Å²) in [5.74, 6) is -0.403. The molecule has 0 saturated heterocycles. The number of aryl methyl sites for hydroxylation is 2. The van der Waals surface area contributed by atoms with Gasteiger partial charge in [0, 0.05) is 0 Å². The van der Waals surface area contributed by atoms with Gasteiger partial charge < -0.3 is 14.6 Å². The molecule has 0 amide bonds. The van der Waals surface area contributed by atoms with Crippen LogP contribution in [0.25, 0.3) is 0 Å². The molecule has 1 unspecified atom stereocenters. The first-order valence-corrected chi connectivity index (χ1v) is 4.21. The Morgan fingerprint density at radius 3 is 2.50 bits per heavy atom. The quantitative estimate of drug-likeness (QED) is 0.747. The number of aliphatic carboxylic acids is 1. The molecule has 1 rings (SSSR count). The second-order valence-electron chi connectivity index (χ2n) is 3.50. The van der Waals surface area contributed by atoms with Crippen LogP contribution in [0.4, 0.5) is 0 Å². The van der Waals surface area contributed by atoms with Gasteiger partial charge in [0.15, 0.2) is 11.5 Å². The minimum Gasteiger partial charge on any atom is -0.479 e. The summed E-state index contributed by atoms with van der Waals surface area (Å²) < 4.78 is 5.17. The van der Waals surface area contributed by atoms with E-state index in [0.717, 1.165) is 0 Å². The second-order valence-corrected chi connectivity index (χ2v) is 3.50. The molecule has 78 valence electrons. The average Bonchev–Trinajstić information content (AvgIpc) is 2.29. The van der Waals surface area contributed by atoms with Crippen LogP contribution in [-0.4, -0.2) is 26.8 Å². The van der Waals surface area contributed by atoms with E-state index in [4.69, 9.17) is 9.52 Å². The third-order valence-corrected chi connectivity index (χ3v) is 2.03. The molecule has 1 heterocycles. The Morgan fingerprint density at radius 2 is 2.14 bits per heavy atom. The van der Waals surface area contributed by atoms with Crippen molar-refractivity contribution >= 4 is 5.97 Å². The van der Waals surface area contributed by atoms with Gasteiger partial charge in [-0.1, -0.05) is 0 Å². The summed E-state index contributed by atoms with van der Waals surface area (Å²) in [6.07, 6.45) is -0.128. The predicted octanol–water partition coefficient (Wildman–Crippen LogP) is 0.670. The summed E-state index contributed by atoms with van der Waals surface area (Å²) >= 11 is 0. The molecule has 5 heteroatoms. The summed E-state index contributed by atoms with van der Waals surface area (Å²) in [5, 5.41) is 18.1. The summed E-state index contributed by atoms with van der Waals surface area (Å²) in [6, 6.07) is 0. The highest BCUT2D eigenvalue weighted by atomic mass is 16.4. The lowest BCUT2D eigenvalue weighted by Crippen LogP contribution is -2.37. The maximum absolute atomic E-state index is 10.6. The fourth-order valence-corrected chi connectivity index (χ4v) is 0.985. The van der Waals surface area contributed by atoms with Gasteiger partial charge in [-0.2, -0.15) is 0 Å². The van der Waals surface area contributed by atoms with Crippen LogP contribution in [0.15, 0.2) is 4.42 Å². The van der Waals surface area contributed by atoms with Crippen LogP contribution in [-0.2, 0) is 11.2 Å². The molecule has 0 fully saturated rings. The number of carboxylic acids is 1. The van der Waals surface area contributed by atoms with Gasteiger partial charge in [-0.05, 0) is 20.8 Å². The highest BCUT2D eigenvalue weighted by Gasteiger charge is 2.32. The van der Waals surface area contributed by atoms with Gasteiger partial charge in [0.1, 0.15) is 5.76 Å². The van der Waals surface area contributed by atoms with Crippen LogP contribution < -0.4 is 0 Å². The Balaban J connectivity index is 2.84. The Hall–Kier alpha value is -1.36. The predicted molar refractivity (Wildman–Crippen MR) is 47.9 cm³/mol. The van der Waals surface area contributed by atoms with Crippen molar-refractivity contribution in [1.29, 1.82) is 0 Å². The van der Waals surface area contributed by atoms with Crippen LogP contribution in [0.2, 0.25) is 0 Å². The van der Waals surface area contributed by atoms with Gasteiger partial charge in [0.25, 0.3) is 0 Å². The average molecular weight is 199 g/mol. The normalized spacial score (nSPS) is 15.1. The van der Waals surface area contributed by atoms with Gasteiger partial charge in [-0.3, -0.25) is 0 Å².